The molecule has 0 saturated carbocycles. The Kier molecular flexibility index (Phi) is 7.89. The highest BCUT2D eigenvalue weighted by Crippen LogP contribution is 2.17. The predicted molar refractivity (Wildman–Crippen MR) is 124 cm³/mol. The molecule has 2 aromatic rings. The van der Waals surface area contributed by atoms with Crippen LogP contribution in [0.5, 0.6) is 0 Å². The molecule has 156 valence electrons. The van der Waals surface area contributed by atoms with Crippen LogP contribution >= 0.6 is 0 Å². The summed E-state index contributed by atoms with van der Waals surface area (Å²) in [5.74, 6) is 0. The molecule has 0 heterocycles. The number of benzene rings is 2. The molecular formula is C22H32N2O3Si2. The third kappa shape index (κ3) is 5.61. The number of hydrogen-bond donors (Lipinski definition) is 2. The highest BCUT2D eigenvalue weighted by atomic mass is 28.5. The van der Waals surface area contributed by atoms with Crippen LogP contribution < -0.4 is 10.4 Å². The van der Waals surface area contributed by atoms with Crippen LogP contribution in [0.1, 0.15) is 11.1 Å². The van der Waals surface area contributed by atoms with Gasteiger partial charge in [0.05, 0.1) is 0 Å². The van der Waals surface area contributed by atoms with Crippen LogP contribution in [0.2, 0.25) is 0 Å². The van der Waals surface area contributed by atoms with Crippen molar-refractivity contribution in [3.05, 3.63) is 84.2 Å². The maximum Gasteiger partial charge on any atom is 0.388 e. The second-order valence-corrected chi connectivity index (χ2v) is 13.2. The summed E-state index contributed by atoms with van der Waals surface area (Å²) in [6.07, 6.45) is 0. The van der Waals surface area contributed by atoms with E-state index in [9.17, 15) is 9.59 Å². The molecule has 7 heteroatoms. The van der Waals surface area contributed by atoms with Gasteiger partial charge >= 0.3 is 17.1 Å². The van der Waals surface area contributed by atoms with Crippen molar-refractivity contribution in [2.24, 2.45) is 0 Å². The van der Waals surface area contributed by atoms with E-state index in [0.717, 1.165) is 11.1 Å². The Morgan fingerprint density at radius 2 is 1.10 bits per heavy atom. The fraction of sp³-hybridized carbons (Fsp3) is 0.273. The Labute approximate surface area is 176 Å². The summed E-state index contributed by atoms with van der Waals surface area (Å²) < 4.78 is 6.26. The van der Waals surface area contributed by atoms with E-state index in [4.69, 9.17) is 4.12 Å². The van der Waals surface area contributed by atoms with Gasteiger partial charge in [0.1, 0.15) is 0 Å². The van der Waals surface area contributed by atoms with E-state index in [1.165, 1.54) is 11.4 Å². The molecule has 0 amide bonds. The summed E-state index contributed by atoms with van der Waals surface area (Å²) in [4.78, 5) is 27.2. The lowest BCUT2D eigenvalue weighted by molar-refractivity contribution is 0.342. The SMILES string of the molecule is C=C[Si@@](O)(O[Si@](O)(C=C)c1ccccc1CN(C)C)c1ccccc1CN(C)C. The van der Waals surface area contributed by atoms with Crippen LogP contribution in [0.15, 0.2) is 73.1 Å². The summed E-state index contributed by atoms with van der Waals surface area (Å²) in [5, 5.41) is 1.39. The Bertz CT molecular complexity index is 790. The third-order valence-electron chi connectivity index (χ3n) is 4.64. The maximum atomic E-state index is 11.6. The Hall–Kier alpha value is -1.85. The number of nitrogens with zero attached hydrogens (tertiary/aromatic N) is 2. The molecule has 0 unspecified atom stereocenters. The quantitative estimate of drug-likeness (QED) is 0.558. The minimum Gasteiger partial charge on any atom is -0.405 e. The summed E-state index contributed by atoms with van der Waals surface area (Å²) in [7, 11) is 0.585. The van der Waals surface area contributed by atoms with Crippen molar-refractivity contribution >= 4 is 27.5 Å². The first kappa shape index (κ1) is 23.4. The Morgan fingerprint density at radius 1 is 0.759 bits per heavy atom. The fourth-order valence-electron chi connectivity index (χ4n) is 3.35. The van der Waals surface area contributed by atoms with Gasteiger partial charge in [-0.2, -0.15) is 0 Å². The van der Waals surface area contributed by atoms with Crippen LogP contribution in [-0.4, -0.2) is 64.7 Å². The molecule has 2 aromatic carbocycles. The summed E-state index contributed by atoms with van der Waals surface area (Å²) in [6.45, 7) is 9.00. The lowest BCUT2D eigenvalue weighted by Crippen LogP contribution is -2.64. The first-order chi connectivity index (χ1) is 13.6. The zero-order valence-electron chi connectivity index (χ0n) is 17.8. The second-order valence-electron chi connectivity index (χ2n) is 7.69. The largest absolute Gasteiger partial charge is 0.405 e. The lowest BCUT2D eigenvalue weighted by atomic mass is 10.2. The van der Waals surface area contributed by atoms with E-state index in [-0.39, 0.29) is 0 Å². The molecule has 0 aromatic heterocycles. The average Bonchev–Trinajstić information content (AvgIpc) is 2.67. The van der Waals surface area contributed by atoms with E-state index in [0.29, 0.717) is 23.5 Å². The molecule has 29 heavy (non-hydrogen) atoms. The molecule has 0 saturated heterocycles. The van der Waals surface area contributed by atoms with Crippen molar-refractivity contribution in [1.29, 1.82) is 0 Å². The van der Waals surface area contributed by atoms with Crippen molar-refractivity contribution in [1.82, 2.24) is 9.80 Å². The number of hydrogen-bond acceptors (Lipinski definition) is 5. The van der Waals surface area contributed by atoms with Gasteiger partial charge in [0.2, 0.25) is 0 Å². The molecule has 0 bridgehead atoms. The van der Waals surface area contributed by atoms with Crippen molar-refractivity contribution in [2.45, 2.75) is 13.1 Å². The van der Waals surface area contributed by atoms with E-state index in [1.807, 2.05) is 86.5 Å². The first-order valence-corrected chi connectivity index (χ1v) is 13.4. The fourth-order valence-corrected chi connectivity index (χ4v) is 9.15. The van der Waals surface area contributed by atoms with E-state index in [1.54, 1.807) is 0 Å². The minimum absolute atomic E-state index is 0.647. The van der Waals surface area contributed by atoms with E-state index < -0.39 is 17.1 Å². The zero-order chi connectivity index (χ0) is 21.7. The van der Waals surface area contributed by atoms with Crippen LogP contribution in [0.3, 0.4) is 0 Å². The van der Waals surface area contributed by atoms with Gasteiger partial charge in [-0.05, 0) is 50.7 Å². The van der Waals surface area contributed by atoms with Gasteiger partial charge in [-0.25, -0.2) is 0 Å². The molecule has 0 aliphatic heterocycles. The standard InChI is InChI=1S/C22H32N2O3Si2/c1-7-28(25,21-15-11-9-13-19(21)17-23(3)4)27-29(26,8-2)22-16-12-10-14-20(22)18-24(5)6/h7-16,25-26H,1-2,17-18H2,3-6H3/t28-,29-/m1/s1. The zero-order valence-corrected chi connectivity index (χ0v) is 19.8. The molecule has 0 fully saturated rings. The Balaban J connectivity index is 2.53. The molecule has 0 spiro atoms. The molecule has 0 radical (unpaired) electrons. The highest BCUT2D eigenvalue weighted by molar-refractivity contribution is 6.97. The van der Waals surface area contributed by atoms with Crippen molar-refractivity contribution in [2.75, 3.05) is 28.2 Å². The molecule has 5 nitrogen and oxygen atoms in total. The molecule has 0 aliphatic rings. The summed E-state index contributed by atoms with van der Waals surface area (Å²) in [5.41, 5.74) is 4.84. The van der Waals surface area contributed by atoms with Gasteiger partial charge in [0.15, 0.2) is 0 Å². The summed E-state index contributed by atoms with van der Waals surface area (Å²) in [6, 6.07) is 15.3. The van der Waals surface area contributed by atoms with Gasteiger partial charge in [0.25, 0.3) is 0 Å². The molecule has 2 N–H and O–H groups in total. The molecule has 2 rings (SSSR count). The monoisotopic (exact) mass is 428 g/mol. The number of rotatable bonds is 10. The van der Waals surface area contributed by atoms with Crippen molar-refractivity contribution in [3.8, 4) is 0 Å². The van der Waals surface area contributed by atoms with Gasteiger partial charge in [-0.1, -0.05) is 48.5 Å². The Morgan fingerprint density at radius 3 is 1.41 bits per heavy atom. The summed E-state index contributed by atoms with van der Waals surface area (Å²) >= 11 is 0. The van der Waals surface area contributed by atoms with Crippen LogP contribution in [0, 0.1) is 0 Å². The van der Waals surface area contributed by atoms with Crippen LogP contribution in [0.25, 0.3) is 0 Å². The third-order valence-corrected chi connectivity index (χ3v) is 10.8. The molecular weight excluding hydrogens is 396 g/mol. The van der Waals surface area contributed by atoms with Gasteiger partial charge in [-0.15, -0.1) is 13.2 Å². The first-order valence-electron chi connectivity index (χ1n) is 9.53. The van der Waals surface area contributed by atoms with Gasteiger partial charge < -0.3 is 23.5 Å². The van der Waals surface area contributed by atoms with Crippen LogP contribution in [-0.2, 0) is 17.2 Å². The van der Waals surface area contributed by atoms with E-state index >= 15 is 0 Å². The maximum absolute atomic E-state index is 11.6. The van der Waals surface area contributed by atoms with E-state index in [2.05, 4.69) is 13.2 Å². The topological polar surface area (TPSA) is 56.2 Å². The lowest BCUT2D eigenvalue weighted by Gasteiger charge is -2.33. The van der Waals surface area contributed by atoms with Gasteiger partial charge in [-0.3, -0.25) is 0 Å². The van der Waals surface area contributed by atoms with Crippen molar-refractivity contribution in [3.63, 3.8) is 0 Å². The highest BCUT2D eigenvalue weighted by Gasteiger charge is 2.46. The molecule has 2 atom stereocenters. The predicted octanol–water partition coefficient (Wildman–Crippen LogP) is 1.26. The van der Waals surface area contributed by atoms with Crippen LogP contribution in [0.4, 0.5) is 0 Å². The second kappa shape index (κ2) is 9.77. The van der Waals surface area contributed by atoms with Crippen molar-refractivity contribution < 1.29 is 13.7 Å². The smallest absolute Gasteiger partial charge is 0.388 e. The molecule has 0 aliphatic carbocycles. The minimum atomic E-state index is -3.65. The average molecular weight is 429 g/mol. The van der Waals surface area contributed by atoms with Gasteiger partial charge in [0, 0.05) is 23.5 Å². The normalized spacial score (nSPS) is 15.7.